The van der Waals surface area contributed by atoms with E-state index >= 15 is 0 Å². The molecule has 0 spiro atoms. The van der Waals surface area contributed by atoms with Crippen LogP contribution in [-0.4, -0.2) is 35.5 Å². The number of carbonyl (C=O) groups excluding carboxylic acids is 3. The molecule has 0 aliphatic carbocycles. The van der Waals surface area contributed by atoms with Crippen LogP contribution >= 0.6 is 0 Å². The Bertz CT molecular complexity index is 566. The molecule has 11 heteroatoms. The molecule has 0 saturated heterocycles. The molecule has 0 saturated carbocycles. The number of nitrogens with one attached hydrogen (secondary N) is 3. The van der Waals surface area contributed by atoms with E-state index in [2.05, 4.69) is 10.0 Å². The van der Waals surface area contributed by atoms with Gasteiger partial charge in [-0.05, 0) is 17.7 Å². The van der Waals surface area contributed by atoms with Crippen LogP contribution in [0.5, 0.6) is 0 Å². The first-order chi connectivity index (χ1) is 10.7. The minimum Gasteiger partial charge on any atom is -0.588 e. The van der Waals surface area contributed by atoms with Gasteiger partial charge in [0.1, 0.15) is 17.9 Å². The fourth-order valence-corrected chi connectivity index (χ4v) is 2.13. The number of hydrogen-bond donors (Lipinski definition) is 3. The molecular formula is C12H12F3N3O4S. The molecule has 1 aromatic rings. The van der Waals surface area contributed by atoms with Gasteiger partial charge in [-0.15, -0.1) is 0 Å². The lowest BCUT2D eigenvalue weighted by Crippen LogP contribution is -2.37. The molecule has 3 N–H and O–H groups in total. The smallest absolute Gasteiger partial charge is 0.471 e. The number of amides is 3. The van der Waals surface area contributed by atoms with Gasteiger partial charge in [0.15, 0.2) is 4.90 Å². The highest BCUT2D eigenvalue weighted by molar-refractivity contribution is 7.90. The van der Waals surface area contributed by atoms with Gasteiger partial charge in [0.25, 0.3) is 5.91 Å². The normalized spacial score (nSPS) is 12.2. The minimum atomic E-state index is -4.96. The van der Waals surface area contributed by atoms with Crippen molar-refractivity contribution >= 4 is 29.6 Å². The quantitative estimate of drug-likeness (QED) is 0.465. The van der Waals surface area contributed by atoms with Crippen LogP contribution in [0.1, 0.15) is 5.56 Å². The van der Waals surface area contributed by atoms with Crippen LogP contribution < -0.4 is 15.4 Å². The summed E-state index contributed by atoms with van der Waals surface area (Å²) in [5.74, 6) is -2.72. The van der Waals surface area contributed by atoms with E-state index in [9.17, 15) is 32.1 Å². The Hall–Kier alpha value is -2.27. The van der Waals surface area contributed by atoms with Gasteiger partial charge in [-0.3, -0.25) is 14.4 Å². The van der Waals surface area contributed by atoms with Gasteiger partial charge in [-0.2, -0.15) is 17.9 Å². The standard InChI is InChI=1S/C12H12F3N3O4S/c13-12(14,15)11(21)17-5-8-1-3-9(4-2-8)23(22)18-10(20)6-16-7-19/h1-4,7H,5-6H2,(H,16,19)(H,17,21)(H,18,20). The van der Waals surface area contributed by atoms with E-state index in [0.29, 0.717) is 12.0 Å². The van der Waals surface area contributed by atoms with Crippen molar-refractivity contribution in [2.45, 2.75) is 17.6 Å². The Morgan fingerprint density at radius 3 is 2.35 bits per heavy atom. The molecular weight excluding hydrogens is 339 g/mol. The third kappa shape index (κ3) is 6.57. The van der Waals surface area contributed by atoms with Gasteiger partial charge in [0.2, 0.25) is 6.41 Å². The van der Waals surface area contributed by atoms with Crippen molar-refractivity contribution in [2.24, 2.45) is 0 Å². The Morgan fingerprint density at radius 2 is 1.83 bits per heavy atom. The van der Waals surface area contributed by atoms with Crippen LogP contribution in [0.15, 0.2) is 29.2 Å². The van der Waals surface area contributed by atoms with Gasteiger partial charge in [0, 0.05) is 6.54 Å². The third-order valence-corrected chi connectivity index (χ3v) is 3.51. The Labute approximate surface area is 131 Å². The molecule has 0 aliphatic heterocycles. The summed E-state index contributed by atoms with van der Waals surface area (Å²) in [6.45, 7) is -0.683. The molecule has 0 fully saturated rings. The maximum atomic E-state index is 12.0. The number of alkyl halides is 3. The van der Waals surface area contributed by atoms with Crippen LogP contribution in [0.3, 0.4) is 0 Å². The number of halogens is 3. The summed E-state index contributed by atoms with van der Waals surface area (Å²) in [7, 11) is 0. The van der Waals surface area contributed by atoms with Gasteiger partial charge < -0.3 is 15.2 Å². The monoisotopic (exact) mass is 351 g/mol. The molecule has 0 aliphatic rings. The summed E-state index contributed by atoms with van der Waals surface area (Å²) < 4.78 is 49.9. The predicted molar refractivity (Wildman–Crippen MR) is 73.0 cm³/mol. The predicted octanol–water partition coefficient (Wildman–Crippen LogP) is -0.250. The van der Waals surface area contributed by atoms with Gasteiger partial charge >= 0.3 is 12.1 Å². The number of benzene rings is 1. The lowest BCUT2D eigenvalue weighted by atomic mass is 10.2. The molecule has 23 heavy (non-hydrogen) atoms. The summed E-state index contributed by atoms with van der Waals surface area (Å²) in [4.78, 5) is 32.1. The van der Waals surface area contributed by atoms with Crippen molar-refractivity contribution in [3.8, 4) is 0 Å². The molecule has 1 atom stereocenters. The zero-order valence-electron chi connectivity index (χ0n) is 11.5. The SMILES string of the molecule is O=CNCC(=O)N[S+]([O-])c1ccc(CNC(=O)C(F)(F)F)cc1. The van der Waals surface area contributed by atoms with E-state index in [1.807, 2.05) is 0 Å². The topological polar surface area (TPSA) is 110 Å². The number of rotatable bonds is 7. The molecule has 1 aromatic carbocycles. The van der Waals surface area contributed by atoms with E-state index in [1.165, 1.54) is 24.3 Å². The molecule has 0 heterocycles. The molecule has 1 unspecified atom stereocenters. The minimum absolute atomic E-state index is 0.204. The summed E-state index contributed by atoms with van der Waals surface area (Å²) in [5.41, 5.74) is 0.359. The lowest BCUT2D eigenvalue weighted by Gasteiger charge is -2.11. The summed E-state index contributed by atoms with van der Waals surface area (Å²) in [5, 5.41) is 3.79. The summed E-state index contributed by atoms with van der Waals surface area (Å²) in [6, 6.07) is 5.39. The molecule has 3 amide bonds. The molecule has 0 radical (unpaired) electrons. The van der Waals surface area contributed by atoms with E-state index in [1.54, 1.807) is 5.32 Å². The fourth-order valence-electron chi connectivity index (χ4n) is 1.35. The van der Waals surface area contributed by atoms with Crippen LogP contribution in [0, 0.1) is 0 Å². The summed E-state index contributed by atoms with van der Waals surface area (Å²) in [6.07, 6.45) is -4.65. The molecule has 7 nitrogen and oxygen atoms in total. The first-order valence-corrected chi connectivity index (χ1v) is 7.21. The average molecular weight is 351 g/mol. The largest absolute Gasteiger partial charge is 0.588 e. The molecule has 0 aromatic heterocycles. The van der Waals surface area contributed by atoms with Crippen LogP contribution in [0.25, 0.3) is 0 Å². The maximum absolute atomic E-state index is 12.0. The zero-order valence-corrected chi connectivity index (χ0v) is 12.3. The number of carbonyl (C=O) groups is 3. The maximum Gasteiger partial charge on any atom is 0.471 e. The van der Waals surface area contributed by atoms with Crippen molar-refractivity contribution in [3.05, 3.63) is 29.8 Å². The average Bonchev–Trinajstić information content (AvgIpc) is 2.50. The van der Waals surface area contributed by atoms with Crippen LogP contribution in [0.2, 0.25) is 0 Å². The van der Waals surface area contributed by atoms with Gasteiger partial charge in [-0.1, -0.05) is 12.1 Å². The van der Waals surface area contributed by atoms with Gasteiger partial charge in [-0.25, -0.2) is 0 Å². The number of hydrogen-bond acceptors (Lipinski definition) is 4. The highest BCUT2D eigenvalue weighted by Gasteiger charge is 2.38. The van der Waals surface area contributed by atoms with Crippen molar-refractivity contribution in [2.75, 3.05) is 6.54 Å². The van der Waals surface area contributed by atoms with Crippen LogP contribution in [0.4, 0.5) is 13.2 Å². The summed E-state index contributed by atoms with van der Waals surface area (Å²) >= 11 is -1.87. The second kappa shape index (κ2) is 8.39. The Kier molecular flexibility index (Phi) is 6.85. The first-order valence-electron chi connectivity index (χ1n) is 6.06. The van der Waals surface area contributed by atoms with Crippen molar-refractivity contribution in [3.63, 3.8) is 0 Å². The molecule has 0 bridgehead atoms. The van der Waals surface area contributed by atoms with E-state index in [0.717, 1.165) is 0 Å². The lowest BCUT2D eigenvalue weighted by molar-refractivity contribution is -0.173. The van der Waals surface area contributed by atoms with E-state index < -0.39 is 29.4 Å². The van der Waals surface area contributed by atoms with Crippen molar-refractivity contribution in [1.29, 1.82) is 0 Å². The highest BCUT2D eigenvalue weighted by Crippen LogP contribution is 2.15. The van der Waals surface area contributed by atoms with E-state index in [-0.39, 0.29) is 18.0 Å². The highest BCUT2D eigenvalue weighted by atomic mass is 32.2. The molecule has 1 rings (SSSR count). The van der Waals surface area contributed by atoms with Crippen molar-refractivity contribution < 1.29 is 32.1 Å². The second-order valence-electron chi connectivity index (χ2n) is 4.12. The van der Waals surface area contributed by atoms with Crippen LogP contribution in [-0.2, 0) is 32.3 Å². The second-order valence-corrected chi connectivity index (χ2v) is 5.33. The Morgan fingerprint density at radius 1 is 1.22 bits per heavy atom. The first kappa shape index (κ1) is 18.8. The molecule has 126 valence electrons. The third-order valence-electron chi connectivity index (χ3n) is 2.40. The fraction of sp³-hybridized carbons (Fsp3) is 0.250. The van der Waals surface area contributed by atoms with Crippen molar-refractivity contribution in [1.82, 2.24) is 15.4 Å². The zero-order chi connectivity index (χ0) is 17.5. The van der Waals surface area contributed by atoms with Gasteiger partial charge in [0.05, 0.1) is 0 Å². The Balaban J connectivity index is 2.54. The van der Waals surface area contributed by atoms with E-state index in [4.69, 9.17) is 0 Å².